The van der Waals surface area contributed by atoms with Crippen molar-refractivity contribution < 1.29 is 9.26 Å². The Labute approximate surface area is 132 Å². The van der Waals surface area contributed by atoms with Gasteiger partial charge in [0.25, 0.3) is 5.89 Å². The van der Waals surface area contributed by atoms with Crippen molar-refractivity contribution in [3.63, 3.8) is 0 Å². The van der Waals surface area contributed by atoms with Gasteiger partial charge >= 0.3 is 0 Å². The maximum atomic E-state index is 6.01. The van der Waals surface area contributed by atoms with Gasteiger partial charge in [-0.2, -0.15) is 10.1 Å². The van der Waals surface area contributed by atoms with Crippen molar-refractivity contribution in [2.45, 2.75) is 0 Å². The molecule has 0 saturated carbocycles. The Kier molecular flexibility index (Phi) is 3.93. The minimum atomic E-state index is 0.390. The minimum absolute atomic E-state index is 0.390. The van der Waals surface area contributed by atoms with E-state index in [4.69, 9.17) is 20.9 Å². The predicted molar refractivity (Wildman–Crippen MR) is 83.4 cm³/mol. The van der Waals surface area contributed by atoms with Crippen LogP contribution < -0.4 is 4.74 Å². The summed E-state index contributed by atoms with van der Waals surface area (Å²) in [5, 5.41) is 8.62. The molecule has 3 rings (SSSR count). The van der Waals surface area contributed by atoms with Crippen molar-refractivity contribution in [3.8, 4) is 17.1 Å². The molecule has 0 amide bonds. The van der Waals surface area contributed by atoms with Gasteiger partial charge in [-0.15, -0.1) is 0 Å². The summed E-state index contributed by atoms with van der Waals surface area (Å²) in [5.41, 5.74) is 1.63. The normalized spacial score (nSPS) is 11.2. The summed E-state index contributed by atoms with van der Waals surface area (Å²) in [7, 11) is 3.43. The summed E-state index contributed by atoms with van der Waals surface area (Å²) >= 11 is 6.01. The van der Waals surface area contributed by atoms with Crippen LogP contribution in [0.3, 0.4) is 0 Å². The van der Waals surface area contributed by atoms with Crippen LogP contribution >= 0.6 is 11.6 Å². The van der Waals surface area contributed by atoms with Gasteiger partial charge in [0.2, 0.25) is 5.82 Å². The van der Waals surface area contributed by atoms with E-state index in [9.17, 15) is 0 Å². The van der Waals surface area contributed by atoms with Crippen molar-refractivity contribution in [1.82, 2.24) is 19.9 Å². The van der Waals surface area contributed by atoms with Crippen molar-refractivity contribution in [2.75, 3.05) is 7.11 Å². The number of benzene rings is 1. The lowest BCUT2D eigenvalue weighted by atomic mass is 10.2. The molecular formula is C15H13ClN4O2. The molecule has 2 aromatic heterocycles. The van der Waals surface area contributed by atoms with Gasteiger partial charge in [-0.1, -0.05) is 16.8 Å². The van der Waals surface area contributed by atoms with Crippen LogP contribution in [0.5, 0.6) is 5.75 Å². The third-order valence-corrected chi connectivity index (χ3v) is 3.22. The predicted octanol–water partition coefficient (Wildman–Crippen LogP) is 3.30. The smallest absolute Gasteiger partial charge is 0.250 e. The van der Waals surface area contributed by atoms with Crippen molar-refractivity contribution in [2.24, 2.45) is 7.05 Å². The molecule has 0 aliphatic heterocycles. The third-order valence-electron chi connectivity index (χ3n) is 2.99. The van der Waals surface area contributed by atoms with Crippen LogP contribution in [0, 0.1) is 0 Å². The Morgan fingerprint density at radius 2 is 2.18 bits per heavy atom. The first-order chi connectivity index (χ1) is 10.7. The first kappa shape index (κ1) is 14.3. The maximum Gasteiger partial charge on any atom is 0.250 e. The second-order valence-corrected chi connectivity index (χ2v) is 5.02. The average Bonchev–Trinajstić information content (AvgIpc) is 3.14. The monoisotopic (exact) mass is 316 g/mol. The lowest BCUT2D eigenvalue weighted by Crippen LogP contribution is -1.89. The van der Waals surface area contributed by atoms with Crippen LogP contribution in [0.1, 0.15) is 11.5 Å². The molecule has 6 nitrogen and oxygen atoms in total. The van der Waals surface area contributed by atoms with E-state index in [1.54, 1.807) is 42.3 Å². The van der Waals surface area contributed by atoms with Gasteiger partial charge in [-0.3, -0.25) is 4.68 Å². The SMILES string of the molecule is COc1ccc(Cl)cc1-c1noc(/C=C/c2cnn(C)c2)n1. The Bertz CT molecular complexity index is 823. The number of methoxy groups -OCH3 is 1. The van der Waals surface area contributed by atoms with Crippen LogP contribution in [0.4, 0.5) is 0 Å². The molecule has 2 heterocycles. The molecular weight excluding hydrogens is 304 g/mol. The number of aromatic nitrogens is 4. The second-order valence-electron chi connectivity index (χ2n) is 4.58. The number of halogens is 1. The molecule has 0 saturated heterocycles. The van der Waals surface area contributed by atoms with Gasteiger partial charge in [-0.25, -0.2) is 0 Å². The average molecular weight is 317 g/mol. The molecule has 0 N–H and O–H groups in total. The molecule has 112 valence electrons. The molecule has 0 aliphatic rings. The Hall–Kier alpha value is -2.60. The highest BCUT2D eigenvalue weighted by Gasteiger charge is 2.12. The van der Waals surface area contributed by atoms with E-state index >= 15 is 0 Å². The number of nitrogens with zero attached hydrogens (tertiary/aromatic N) is 4. The summed E-state index contributed by atoms with van der Waals surface area (Å²) in [4.78, 5) is 4.32. The minimum Gasteiger partial charge on any atom is -0.496 e. The highest BCUT2D eigenvalue weighted by atomic mass is 35.5. The van der Waals surface area contributed by atoms with Gasteiger partial charge in [0.1, 0.15) is 5.75 Å². The highest BCUT2D eigenvalue weighted by Crippen LogP contribution is 2.30. The van der Waals surface area contributed by atoms with Crippen molar-refractivity contribution in [3.05, 3.63) is 47.1 Å². The fourth-order valence-corrected chi connectivity index (χ4v) is 2.13. The van der Waals surface area contributed by atoms with Gasteiger partial charge in [-0.05, 0) is 24.3 Å². The Morgan fingerprint density at radius 3 is 2.91 bits per heavy atom. The Morgan fingerprint density at radius 1 is 1.32 bits per heavy atom. The molecule has 0 radical (unpaired) electrons. The van der Waals surface area contributed by atoms with E-state index in [0.717, 1.165) is 5.56 Å². The molecule has 0 atom stereocenters. The molecule has 0 spiro atoms. The van der Waals surface area contributed by atoms with Crippen molar-refractivity contribution in [1.29, 1.82) is 0 Å². The van der Waals surface area contributed by atoms with E-state index in [1.165, 1.54) is 0 Å². The van der Waals surface area contributed by atoms with Crippen molar-refractivity contribution >= 4 is 23.8 Å². The zero-order chi connectivity index (χ0) is 15.5. The zero-order valence-corrected chi connectivity index (χ0v) is 12.8. The summed E-state index contributed by atoms with van der Waals surface area (Å²) in [6, 6.07) is 5.24. The van der Waals surface area contributed by atoms with E-state index in [2.05, 4.69) is 15.2 Å². The lowest BCUT2D eigenvalue weighted by molar-refractivity contribution is 0.406. The number of hydrogen-bond acceptors (Lipinski definition) is 5. The summed E-state index contributed by atoms with van der Waals surface area (Å²) in [6.45, 7) is 0. The first-order valence-corrected chi connectivity index (χ1v) is 6.88. The molecule has 0 fully saturated rings. The molecule has 1 aromatic carbocycles. The highest BCUT2D eigenvalue weighted by molar-refractivity contribution is 6.30. The zero-order valence-electron chi connectivity index (χ0n) is 12.0. The molecule has 0 aliphatic carbocycles. The van der Waals surface area contributed by atoms with Crippen LogP contribution in [0.25, 0.3) is 23.5 Å². The van der Waals surface area contributed by atoms with Gasteiger partial charge in [0.05, 0.1) is 18.9 Å². The molecule has 3 aromatic rings. The van der Waals surface area contributed by atoms with Crippen LogP contribution in [-0.2, 0) is 7.05 Å². The van der Waals surface area contributed by atoms with E-state index in [1.807, 2.05) is 19.3 Å². The fourth-order valence-electron chi connectivity index (χ4n) is 1.96. The molecule has 0 bridgehead atoms. The van der Waals surface area contributed by atoms with Crippen LogP contribution in [0.2, 0.25) is 5.02 Å². The van der Waals surface area contributed by atoms with Gasteiger partial charge in [0.15, 0.2) is 0 Å². The molecule has 22 heavy (non-hydrogen) atoms. The number of hydrogen-bond donors (Lipinski definition) is 0. The number of aryl methyl sites for hydroxylation is 1. The van der Waals surface area contributed by atoms with E-state index in [-0.39, 0.29) is 0 Å². The maximum absolute atomic E-state index is 6.01. The summed E-state index contributed by atoms with van der Waals surface area (Å²) < 4.78 is 12.2. The second kappa shape index (κ2) is 6.03. The Balaban J connectivity index is 1.88. The van der Waals surface area contributed by atoms with E-state index in [0.29, 0.717) is 28.1 Å². The van der Waals surface area contributed by atoms with Crippen LogP contribution in [0.15, 0.2) is 35.1 Å². The quantitative estimate of drug-likeness (QED) is 0.739. The van der Waals surface area contributed by atoms with E-state index < -0.39 is 0 Å². The summed E-state index contributed by atoms with van der Waals surface area (Å²) in [6.07, 6.45) is 7.20. The molecule has 0 unspecified atom stereocenters. The first-order valence-electron chi connectivity index (χ1n) is 6.50. The van der Waals surface area contributed by atoms with Gasteiger partial charge < -0.3 is 9.26 Å². The lowest BCUT2D eigenvalue weighted by Gasteiger charge is -2.04. The summed E-state index contributed by atoms with van der Waals surface area (Å²) in [5.74, 6) is 1.44. The molecule has 7 heteroatoms. The van der Waals surface area contributed by atoms with Gasteiger partial charge in [0, 0.05) is 29.9 Å². The standard InChI is InChI=1S/C15H13ClN4O2/c1-20-9-10(8-17-20)3-6-14-18-15(19-22-14)12-7-11(16)4-5-13(12)21-2/h3-9H,1-2H3/b6-3+. The third kappa shape index (κ3) is 3.01. The fraction of sp³-hybridized carbons (Fsp3) is 0.133. The largest absolute Gasteiger partial charge is 0.496 e. The van der Waals surface area contributed by atoms with Crippen LogP contribution in [-0.4, -0.2) is 27.0 Å². The number of rotatable bonds is 4. The topological polar surface area (TPSA) is 66.0 Å². The number of ether oxygens (including phenoxy) is 1.